The van der Waals surface area contributed by atoms with Crippen molar-refractivity contribution in [1.29, 1.82) is 0 Å². The summed E-state index contributed by atoms with van der Waals surface area (Å²) in [6.07, 6.45) is 2.56. The fourth-order valence-corrected chi connectivity index (χ4v) is 2.98. The van der Waals surface area contributed by atoms with Crippen LogP contribution in [0.2, 0.25) is 5.02 Å². The number of likely N-dealkylation sites (tertiary alicyclic amines) is 1. The molecule has 0 aliphatic carbocycles. The van der Waals surface area contributed by atoms with Gasteiger partial charge in [-0.25, -0.2) is 0 Å². The lowest BCUT2D eigenvalue weighted by atomic mass is 10.1. The highest BCUT2D eigenvalue weighted by molar-refractivity contribution is 6.30. The van der Waals surface area contributed by atoms with E-state index < -0.39 is 12.1 Å². The highest BCUT2D eigenvalue weighted by atomic mass is 35.5. The van der Waals surface area contributed by atoms with Gasteiger partial charge in [-0.2, -0.15) is 0 Å². The average molecular weight is 360 g/mol. The van der Waals surface area contributed by atoms with E-state index in [0.717, 1.165) is 5.56 Å². The predicted molar refractivity (Wildman–Crippen MR) is 93.0 cm³/mol. The number of carbonyl (C=O) groups is 2. The third-order valence-electron chi connectivity index (χ3n) is 4.15. The highest BCUT2D eigenvalue weighted by Crippen LogP contribution is 2.21. The van der Waals surface area contributed by atoms with Crippen molar-refractivity contribution in [2.24, 2.45) is 0 Å². The lowest BCUT2D eigenvalue weighted by Crippen LogP contribution is -2.45. The Kier molecular flexibility index (Phi) is 5.31. The quantitative estimate of drug-likeness (QED) is 0.869. The van der Waals surface area contributed by atoms with Gasteiger partial charge in [-0.15, -0.1) is 0 Å². The van der Waals surface area contributed by atoms with E-state index >= 15 is 0 Å². The standard InChI is InChI=1S/C18H18ClN3O3/c19-14-3-1-12(2-4-14)10-21-17(24)16-9-15(23)11-22(16)18(25)13-5-7-20-8-6-13/h1-8,15-16,23H,9-11H2,(H,21,24). The van der Waals surface area contributed by atoms with E-state index in [4.69, 9.17) is 11.6 Å². The summed E-state index contributed by atoms with van der Waals surface area (Å²) in [5.41, 5.74) is 1.35. The summed E-state index contributed by atoms with van der Waals surface area (Å²) >= 11 is 5.84. The minimum absolute atomic E-state index is 0.139. The smallest absolute Gasteiger partial charge is 0.254 e. The van der Waals surface area contributed by atoms with Gasteiger partial charge in [-0.1, -0.05) is 23.7 Å². The summed E-state index contributed by atoms with van der Waals surface area (Å²) in [6, 6.07) is 9.65. The van der Waals surface area contributed by atoms with Crippen LogP contribution in [0.15, 0.2) is 48.8 Å². The van der Waals surface area contributed by atoms with Crippen LogP contribution in [0.4, 0.5) is 0 Å². The Morgan fingerprint density at radius 2 is 1.88 bits per heavy atom. The molecule has 1 aliphatic heterocycles. The number of benzene rings is 1. The Bertz CT molecular complexity index is 752. The molecule has 6 nitrogen and oxygen atoms in total. The maximum absolute atomic E-state index is 12.6. The van der Waals surface area contributed by atoms with E-state index in [-0.39, 0.29) is 24.8 Å². The van der Waals surface area contributed by atoms with Crippen molar-refractivity contribution in [3.05, 3.63) is 64.9 Å². The number of rotatable bonds is 4. The summed E-state index contributed by atoms with van der Waals surface area (Å²) in [5, 5.41) is 13.4. The van der Waals surface area contributed by atoms with Crippen LogP contribution in [0.25, 0.3) is 0 Å². The molecule has 7 heteroatoms. The van der Waals surface area contributed by atoms with Crippen LogP contribution in [0.1, 0.15) is 22.3 Å². The molecule has 0 spiro atoms. The summed E-state index contributed by atoms with van der Waals surface area (Å²) in [7, 11) is 0. The molecule has 1 aliphatic rings. The van der Waals surface area contributed by atoms with Crippen molar-refractivity contribution in [3.8, 4) is 0 Å². The highest BCUT2D eigenvalue weighted by Gasteiger charge is 2.39. The molecule has 2 amide bonds. The molecule has 2 atom stereocenters. The Morgan fingerprint density at radius 1 is 1.20 bits per heavy atom. The Balaban J connectivity index is 1.67. The Morgan fingerprint density at radius 3 is 2.56 bits per heavy atom. The van der Waals surface area contributed by atoms with Crippen molar-refractivity contribution in [2.45, 2.75) is 25.1 Å². The number of aliphatic hydroxyl groups is 1. The number of nitrogens with one attached hydrogen (secondary N) is 1. The summed E-state index contributed by atoms with van der Waals surface area (Å²) in [5.74, 6) is -0.570. The topological polar surface area (TPSA) is 82.5 Å². The molecule has 2 aromatic rings. The second kappa shape index (κ2) is 7.63. The number of nitrogens with zero attached hydrogens (tertiary/aromatic N) is 2. The molecular formula is C18H18ClN3O3. The van der Waals surface area contributed by atoms with E-state index in [1.165, 1.54) is 17.3 Å². The van der Waals surface area contributed by atoms with Crippen LogP contribution in [0.3, 0.4) is 0 Å². The molecule has 1 aromatic heterocycles. The van der Waals surface area contributed by atoms with Crippen molar-refractivity contribution in [2.75, 3.05) is 6.54 Å². The Labute approximate surface area is 150 Å². The van der Waals surface area contributed by atoms with Crippen molar-refractivity contribution in [3.63, 3.8) is 0 Å². The fraction of sp³-hybridized carbons (Fsp3) is 0.278. The van der Waals surface area contributed by atoms with Gasteiger partial charge in [0.05, 0.1) is 6.10 Å². The zero-order chi connectivity index (χ0) is 17.8. The summed E-state index contributed by atoms with van der Waals surface area (Å²) in [4.78, 5) is 30.4. The van der Waals surface area contributed by atoms with Gasteiger partial charge in [0.25, 0.3) is 5.91 Å². The first kappa shape index (κ1) is 17.4. The third-order valence-corrected chi connectivity index (χ3v) is 4.40. The molecule has 3 rings (SSSR count). The van der Waals surface area contributed by atoms with Crippen LogP contribution in [0.5, 0.6) is 0 Å². The van der Waals surface area contributed by atoms with Gasteiger partial charge >= 0.3 is 0 Å². The van der Waals surface area contributed by atoms with Gasteiger partial charge in [-0.3, -0.25) is 14.6 Å². The number of aliphatic hydroxyl groups excluding tert-OH is 1. The van der Waals surface area contributed by atoms with Crippen molar-refractivity contribution >= 4 is 23.4 Å². The van der Waals surface area contributed by atoms with Crippen molar-refractivity contribution in [1.82, 2.24) is 15.2 Å². The van der Waals surface area contributed by atoms with Crippen LogP contribution in [-0.4, -0.2) is 45.5 Å². The number of hydrogen-bond donors (Lipinski definition) is 2. The van der Waals surface area contributed by atoms with Crippen LogP contribution < -0.4 is 5.32 Å². The molecule has 130 valence electrons. The summed E-state index contributed by atoms with van der Waals surface area (Å²) < 4.78 is 0. The van der Waals surface area contributed by atoms with Gasteiger partial charge in [0.1, 0.15) is 6.04 Å². The number of amides is 2. The average Bonchev–Trinajstić information content (AvgIpc) is 3.03. The first-order chi connectivity index (χ1) is 12.0. The molecule has 0 bridgehead atoms. The fourth-order valence-electron chi connectivity index (χ4n) is 2.86. The van der Waals surface area contributed by atoms with Crippen LogP contribution >= 0.6 is 11.6 Å². The molecule has 1 aromatic carbocycles. The number of β-amino-alcohol motifs (C(OH)–C–C–N with tert-alkyl or cyclic N) is 1. The monoisotopic (exact) mass is 359 g/mol. The van der Waals surface area contributed by atoms with Gasteiger partial charge in [0, 0.05) is 42.5 Å². The Hall–Kier alpha value is -2.44. The molecule has 1 saturated heterocycles. The zero-order valence-corrected chi connectivity index (χ0v) is 14.2. The maximum atomic E-state index is 12.6. The molecular weight excluding hydrogens is 342 g/mol. The molecule has 2 heterocycles. The van der Waals surface area contributed by atoms with E-state index in [2.05, 4.69) is 10.3 Å². The lowest BCUT2D eigenvalue weighted by Gasteiger charge is -2.23. The maximum Gasteiger partial charge on any atom is 0.254 e. The zero-order valence-electron chi connectivity index (χ0n) is 13.4. The second-order valence-corrected chi connectivity index (χ2v) is 6.38. The number of pyridine rings is 1. The van der Waals surface area contributed by atoms with Gasteiger partial charge < -0.3 is 15.3 Å². The molecule has 0 radical (unpaired) electrons. The van der Waals surface area contributed by atoms with Gasteiger partial charge in [-0.05, 0) is 29.8 Å². The van der Waals surface area contributed by atoms with E-state index in [1.54, 1.807) is 24.3 Å². The van der Waals surface area contributed by atoms with Crippen LogP contribution in [0, 0.1) is 0 Å². The minimum Gasteiger partial charge on any atom is -0.391 e. The SMILES string of the molecule is O=C(NCc1ccc(Cl)cc1)C1CC(O)CN1C(=O)c1ccncc1. The number of hydrogen-bond acceptors (Lipinski definition) is 4. The molecule has 1 fully saturated rings. The minimum atomic E-state index is -0.711. The first-order valence-corrected chi connectivity index (χ1v) is 8.33. The molecule has 25 heavy (non-hydrogen) atoms. The number of carbonyl (C=O) groups excluding carboxylic acids is 2. The van der Waals surface area contributed by atoms with Gasteiger partial charge in [0.15, 0.2) is 0 Å². The third kappa shape index (κ3) is 4.15. The largest absolute Gasteiger partial charge is 0.391 e. The van der Waals surface area contributed by atoms with E-state index in [1.807, 2.05) is 12.1 Å². The number of halogens is 1. The van der Waals surface area contributed by atoms with E-state index in [9.17, 15) is 14.7 Å². The normalized spacial score (nSPS) is 19.7. The molecule has 2 unspecified atom stereocenters. The first-order valence-electron chi connectivity index (χ1n) is 7.96. The van der Waals surface area contributed by atoms with Crippen LogP contribution in [-0.2, 0) is 11.3 Å². The molecule has 0 saturated carbocycles. The molecule has 2 N–H and O–H groups in total. The van der Waals surface area contributed by atoms with Gasteiger partial charge in [0.2, 0.25) is 5.91 Å². The lowest BCUT2D eigenvalue weighted by molar-refractivity contribution is -0.125. The summed E-state index contributed by atoms with van der Waals surface area (Å²) in [6.45, 7) is 0.472. The number of aromatic nitrogens is 1. The predicted octanol–water partition coefficient (Wildman–Crippen LogP) is 1.63. The van der Waals surface area contributed by atoms with E-state index in [0.29, 0.717) is 17.1 Å². The second-order valence-electron chi connectivity index (χ2n) is 5.94. The van der Waals surface area contributed by atoms with Crippen molar-refractivity contribution < 1.29 is 14.7 Å².